The van der Waals surface area contributed by atoms with E-state index in [2.05, 4.69) is 0 Å². The van der Waals surface area contributed by atoms with E-state index in [9.17, 15) is 14.7 Å². The van der Waals surface area contributed by atoms with Crippen molar-refractivity contribution in [2.24, 2.45) is 17.1 Å². The van der Waals surface area contributed by atoms with Crippen molar-refractivity contribution in [2.75, 3.05) is 19.6 Å². The van der Waals surface area contributed by atoms with Gasteiger partial charge in [0.1, 0.15) is 0 Å². The summed E-state index contributed by atoms with van der Waals surface area (Å²) in [6.45, 7) is 5.23. The number of likely N-dealkylation sites (tertiary alicyclic amines) is 1. The molecule has 2 unspecified atom stereocenters. The highest BCUT2D eigenvalue weighted by Crippen LogP contribution is 2.34. The minimum absolute atomic E-state index is 0.0409. The molecule has 0 bridgehead atoms. The second kappa shape index (κ2) is 6.18. The number of carbonyl (C=O) groups excluding carboxylic acids is 1. The van der Waals surface area contributed by atoms with Gasteiger partial charge in [0, 0.05) is 19.0 Å². The Hall–Kier alpha value is -1.10. The number of hydrogen-bond donors (Lipinski definition) is 2. The first-order valence-corrected chi connectivity index (χ1v) is 6.69. The zero-order valence-electron chi connectivity index (χ0n) is 11.3. The van der Waals surface area contributed by atoms with E-state index >= 15 is 0 Å². The number of nitrogens with two attached hydrogens (primary N) is 1. The summed E-state index contributed by atoms with van der Waals surface area (Å²) in [5.74, 6) is -0.857. The summed E-state index contributed by atoms with van der Waals surface area (Å²) in [5.41, 5.74) is 4.71. The molecule has 1 heterocycles. The molecule has 1 aliphatic rings. The molecule has 0 aromatic carbocycles. The zero-order chi connectivity index (χ0) is 13.8. The van der Waals surface area contributed by atoms with Crippen molar-refractivity contribution in [3.63, 3.8) is 0 Å². The molecule has 1 rings (SSSR count). The lowest BCUT2D eigenvalue weighted by atomic mass is 9.77. The molecule has 0 aliphatic carbocycles. The van der Waals surface area contributed by atoms with Crippen molar-refractivity contribution < 1.29 is 14.7 Å². The summed E-state index contributed by atoms with van der Waals surface area (Å²) < 4.78 is 0. The van der Waals surface area contributed by atoms with E-state index in [4.69, 9.17) is 5.73 Å². The predicted octanol–water partition coefficient (Wildman–Crippen LogP) is 1.07. The molecule has 1 fully saturated rings. The standard InChI is InChI=1S/C13H24N2O3/c1-3-13(12(17)18)6-4-8-15(9-13)11(16)10(2)5-7-14/h10H,3-9,14H2,1-2H3,(H,17,18). The van der Waals surface area contributed by atoms with Crippen LogP contribution in [0.1, 0.15) is 39.5 Å². The fourth-order valence-electron chi connectivity index (χ4n) is 2.62. The van der Waals surface area contributed by atoms with Crippen LogP contribution in [-0.4, -0.2) is 41.5 Å². The third kappa shape index (κ3) is 3.02. The molecule has 1 aliphatic heterocycles. The van der Waals surface area contributed by atoms with E-state index in [0.29, 0.717) is 38.9 Å². The van der Waals surface area contributed by atoms with Crippen molar-refractivity contribution in [3.8, 4) is 0 Å². The number of carbonyl (C=O) groups is 2. The molecule has 1 amide bonds. The van der Waals surface area contributed by atoms with Crippen LogP contribution in [0.3, 0.4) is 0 Å². The number of amides is 1. The average Bonchev–Trinajstić information content (AvgIpc) is 2.37. The largest absolute Gasteiger partial charge is 0.481 e. The number of rotatable bonds is 5. The number of nitrogens with zero attached hydrogens (tertiary/aromatic N) is 1. The van der Waals surface area contributed by atoms with Crippen LogP contribution in [0.5, 0.6) is 0 Å². The molecule has 18 heavy (non-hydrogen) atoms. The normalized spacial score (nSPS) is 25.8. The predicted molar refractivity (Wildman–Crippen MR) is 69.0 cm³/mol. The van der Waals surface area contributed by atoms with Crippen molar-refractivity contribution in [2.45, 2.75) is 39.5 Å². The summed E-state index contributed by atoms with van der Waals surface area (Å²) >= 11 is 0. The molecule has 2 atom stereocenters. The highest BCUT2D eigenvalue weighted by atomic mass is 16.4. The van der Waals surface area contributed by atoms with Crippen LogP contribution < -0.4 is 5.73 Å². The third-order valence-corrected chi connectivity index (χ3v) is 4.04. The van der Waals surface area contributed by atoms with Gasteiger partial charge in [0.05, 0.1) is 5.41 Å². The molecular formula is C13H24N2O3. The van der Waals surface area contributed by atoms with Gasteiger partial charge in [-0.1, -0.05) is 13.8 Å². The fourth-order valence-corrected chi connectivity index (χ4v) is 2.62. The Bertz CT molecular complexity index is 319. The van der Waals surface area contributed by atoms with Gasteiger partial charge in [-0.2, -0.15) is 0 Å². The van der Waals surface area contributed by atoms with Gasteiger partial charge < -0.3 is 15.7 Å². The maximum Gasteiger partial charge on any atom is 0.311 e. The summed E-state index contributed by atoms with van der Waals surface area (Å²) in [7, 11) is 0. The molecule has 1 saturated heterocycles. The van der Waals surface area contributed by atoms with Crippen LogP contribution in [-0.2, 0) is 9.59 Å². The monoisotopic (exact) mass is 256 g/mol. The van der Waals surface area contributed by atoms with Crippen molar-refractivity contribution >= 4 is 11.9 Å². The minimum Gasteiger partial charge on any atom is -0.481 e. The summed E-state index contributed by atoms with van der Waals surface area (Å²) in [6.07, 6.45) is 2.65. The SMILES string of the molecule is CCC1(C(=O)O)CCCN(C(=O)C(C)CCN)C1. The molecular weight excluding hydrogens is 232 g/mol. The maximum absolute atomic E-state index is 12.2. The number of hydrogen-bond acceptors (Lipinski definition) is 3. The average molecular weight is 256 g/mol. The Morgan fingerprint density at radius 2 is 2.17 bits per heavy atom. The van der Waals surface area contributed by atoms with Gasteiger partial charge in [-0.05, 0) is 32.2 Å². The van der Waals surface area contributed by atoms with Gasteiger partial charge in [-0.3, -0.25) is 9.59 Å². The Morgan fingerprint density at radius 1 is 1.50 bits per heavy atom. The van der Waals surface area contributed by atoms with E-state index in [-0.39, 0.29) is 11.8 Å². The minimum atomic E-state index is -0.783. The Kier molecular flexibility index (Phi) is 5.14. The molecule has 5 nitrogen and oxygen atoms in total. The zero-order valence-corrected chi connectivity index (χ0v) is 11.3. The number of carboxylic acids is 1. The molecule has 0 radical (unpaired) electrons. The summed E-state index contributed by atoms with van der Waals surface area (Å²) in [4.78, 5) is 25.3. The quantitative estimate of drug-likeness (QED) is 0.771. The van der Waals surface area contributed by atoms with Crippen LogP contribution in [0.2, 0.25) is 0 Å². The van der Waals surface area contributed by atoms with E-state index < -0.39 is 11.4 Å². The molecule has 3 N–H and O–H groups in total. The lowest BCUT2D eigenvalue weighted by Crippen LogP contribution is -2.51. The Balaban J connectivity index is 2.74. The van der Waals surface area contributed by atoms with Gasteiger partial charge in [0.15, 0.2) is 0 Å². The molecule has 0 aromatic heterocycles. The van der Waals surface area contributed by atoms with E-state index in [0.717, 1.165) is 6.42 Å². The van der Waals surface area contributed by atoms with E-state index in [1.54, 1.807) is 4.90 Å². The van der Waals surface area contributed by atoms with Crippen molar-refractivity contribution in [1.29, 1.82) is 0 Å². The molecule has 0 saturated carbocycles. The number of piperidine rings is 1. The molecule has 0 aromatic rings. The Morgan fingerprint density at radius 3 is 2.67 bits per heavy atom. The molecule has 104 valence electrons. The van der Waals surface area contributed by atoms with Crippen LogP contribution in [0, 0.1) is 11.3 Å². The smallest absolute Gasteiger partial charge is 0.311 e. The first-order valence-electron chi connectivity index (χ1n) is 6.69. The van der Waals surface area contributed by atoms with Crippen LogP contribution in [0.4, 0.5) is 0 Å². The van der Waals surface area contributed by atoms with Crippen molar-refractivity contribution in [1.82, 2.24) is 4.90 Å². The van der Waals surface area contributed by atoms with Crippen LogP contribution >= 0.6 is 0 Å². The lowest BCUT2D eigenvalue weighted by molar-refractivity contribution is -0.156. The Labute approximate surface area is 108 Å². The second-order valence-electron chi connectivity index (χ2n) is 5.28. The lowest BCUT2D eigenvalue weighted by Gasteiger charge is -2.40. The van der Waals surface area contributed by atoms with Gasteiger partial charge in [0.25, 0.3) is 0 Å². The van der Waals surface area contributed by atoms with E-state index in [1.807, 2.05) is 13.8 Å². The van der Waals surface area contributed by atoms with Gasteiger partial charge in [-0.15, -0.1) is 0 Å². The van der Waals surface area contributed by atoms with Gasteiger partial charge in [0.2, 0.25) is 5.91 Å². The van der Waals surface area contributed by atoms with Gasteiger partial charge >= 0.3 is 5.97 Å². The molecule has 0 spiro atoms. The highest BCUT2D eigenvalue weighted by molar-refractivity contribution is 5.81. The summed E-state index contributed by atoms with van der Waals surface area (Å²) in [6, 6.07) is 0. The first kappa shape index (κ1) is 15.0. The topological polar surface area (TPSA) is 83.6 Å². The number of carboxylic acid groups (broad SMARTS) is 1. The number of aliphatic carboxylic acids is 1. The fraction of sp³-hybridized carbons (Fsp3) is 0.846. The van der Waals surface area contributed by atoms with Crippen LogP contribution in [0.25, 0.3) is 0 Å². The summed E-state index contributed by atoms with van der Waals surface area (Å²) in [5, 5.41) is 9.37. The molecule has 5 heteroatoms. The van der Waals surface area contributed by atoms with Crippen molar-refractivity contribution in [3.05, 3.63) is 0 Å². The third-order valence-electron chi connectivity index (χ3n) is 4.04. The highest BCUT2D eigenvalue weighted by Gasteiger charge is 2.42. The second-order valence-corrected chi connectivity index (χ2v) is 5.28. The van der Waals surface area contributed by atoms with E-state index in [1.165, 1.54) is 0 Å². The first-order chi connectivity index (χ1) is 8.46. The van der Waals surface area contributed by atoms with Gasteiger partial charge in [-0.25, -0.2) is 0 Å². The maximum atomic E-state index is 12.2. The van der Waals surface area contributed by atoms with Crippen LogP contribution in [0.15, 0.2) is 0 Å².